The zero-order valence-corrected chi connectivity index (χ0v) is 78.6. The average Bonchev–Trinajstić information content (AvgIpc) is 0.844. The van der Waals surface area contributed by atoms with E-state index in [-0.39, 0.29) is 24.0 Å². The number of nitrogens with zero attached hydrogens (tertiary/aromatic N) is 9. The standard InChI is InChI=1S/2C33H43N3.C27H31N3.6ClH.2Co.Fe/c1-20-16-26(32(7,8)9)17-21(2)30(20)34-24(5)28-14-13-15-29(36-28)25(6)35-31-22(3)18-27(19-23(31)4)33(10,11)12;1-20(2)26-14-11-15-27(21(3)4)32(26)34-24(9)30-18-13-19-31(36-30)25(10)35-33-28(22(5)6)16-12-17-29(33)23(7)8;1-16-12-18(3)26(19(4)13-16)28-22(7)24-10-9-11-25(30-24)23(8)29-27-20(5)14-17(2)15-21(27)6;;;;;;;;;/h13-19H,1-12H3;11-23H,1-10H3;9-15H,1-8H3;6*1H;;;/q;;;;;;;;;3*+2/p-6. The average molecular weight is 1750 g/mol. The van der Waals surface area contributed by atoms with Crippen LogP contribution in [0.15, 0.2) is 169 Å². The first-order chi connectivity index (χ1) is 52.0. The van der Waals surface area contributed by atoms with Crippen LogP contribution < -0.4 is 0 Å². The van der Waals surface area contributed by atoms with Gasteiger partial charge < -0.3 is 0 Å². The number of hydrogen-bond donors (Lipinski definition) is 0. The van der Waals surface area contributed by atoms with Gasteiger partial charge in [-0.25, -0.2) is 15.0 Å². The molecule has 0 saturated heterocycles. The fourth-order valence-electron chi connectivity index (χ4n) is 13.0. The van der Waals surface area contributed by atoms with Crippen LogP contribution in [0.25, 0.3) is 0 Å². The van der Waals surface area contributed by atoms with E-state index in [9.17, 15) is 0 Å². The third kappa shape index (κ3) is 29.4. The van der Waals surface area contributed by atoms with Crippen molar-refractivity contribution >= 4 is 129 Å². The van der Waals surface area contributed by atoms with E-state index in [1.807, 2.05) is 76.2 Å². The fourth-order valence-corrected chi connectivity index (χ4v) is 13.0. The Balaban J connectivity index is 0.000000334. The molecular formula is C93H117Cl6Co2FeN9. The van der Waals surface area contributed by atoms with E-state index in [0.717, 1.165) is 103 Å². The number of rotatable bonds is 16. The van der Waals surface area contributed by atoms with E-state index < -0.39 is 0 Å². The molecule has 0 amide bonds. The molecule has 9 nitrogen and oxygen atoms in total. The van der Waals surface area contributed by atoms with E-state index >= 15 is 0 Å². The van der Waals surface area contributed by atoms with Crippen LogP contribution in [-0.2, 0) is 49.7 Å². The van der Waals surface area contributed by atoms with Crippen molar-refractivity contribution < 1.29 is 38.9 Å². The van der Waals surface area contributed by atoms with Gasteiger partial charge in [0, 0.05) is 0 Å². The summed E-state index contributed by atoms with van der Waals surface area (Å²) in [7, 11) is 28.5. The monoisotopic (exact) mass is 1740 g/mol. The Morgan fingerprint density at radius 3 is 0.613 bits per heavy atom. The van der Waals surface area contributed by atoms with Crippen molar-refractivity contribution in [2.24, 2.45) is 30.0 Å². The second-order valence-corrected chi connectivity index (χ2v) is 36.9. The van der Waals surface area contributed by atoms with Gasteiger partial charge >= 0.3 is 99.7 Å². The van der Waals surface area contributed by atoms with E-state index in [1.165, 1.54) is 89.0 Å². The van der Waals surface area contributed by atoms with Gasteiger partial charge in [-0.3, -0.25) is 30.0 Å². The molecule has 602 valence electrons. The summed E-state index contributed by atoms with van der Waals surface area (Å²) in [6, 6.07) is 49.1. The molecule has 0 aliphatic carbocycles. The Kier molecular flexibility index (Phi) is 40.4. The summed E-state index contributed by atoms with van der Waals surface area (Å²) in [5.41, 5.74) is 37.1. The third-order valence-electron chi connectivity index (χ3n) is 18.8. The normalized spacial score (nSPS) is 12.5. The summed E-state index contributed by atoms with van der Waals surface area (Å²) in [6.45, 7) is 64.8. The van der Waals surface area contributed by atoms with Gasteiger partial charge in [0.15, 0.2) is 0 Å². The second kappa shape index (κ2) is 46.0. The molecule has 111 heavy (non-hydrogen) atoms. The fraction of sp³-hybridized carbons (Fsp3) is 0.387. The molecule has 18 heteroatoms. The van der Waals surface area contributed by atoms with Crippen molar-refractivity contribution in [3.63, 3.8) is 0 Å². The van der Waals surface area contributed by atoms with Crippen molar-refractivity contribution in [1.29, 1.82) is 0 Å². The molecule has 0 N–H and O–H groups in total. The molecule has 9 aromatic rings. The van der Waals surface area contributed by atoms with E-state index in [0.29, 0.717) is 49.5 Å². The number of benzene rings is 6. The topological polar surface area (TPSA) is 113 Å². The summed E-state index contributed by atoms with van der Waals surface area (Å²) in [6.07, 6.45) is 0. The Bertz CT molecular complexity index is 4390. The zero-order valence-electron chi connectivity index (χ0n) is 70.9. The molecule has 3 aromatic heterocycles. The van der Waals surface area contributed by atoms with Crippen molar-refractivity contribution in [2.75, 3.05) is 0 Å². The zero-order chi connectivity index (χ0) is 83.7. The van der Waals surface area contributed by atoms with E-state index in [4.69, 9.17) is 106 Å². The molecule has 0 atom stereocenters. The SMILES string of the molecule is CC(=Nc1c(C(C)C)cccc1C(C)C)c1cccc(C(C)=Nc2c(C(C)C)cccc2C(C)C)n1.CC(=Nc1c(C)cc(C(C)(C)C)cc1C)c1cccc(C(C)=Nc2c(C)cc(C(C)(C)C)cc2C)n1.CC(=Nc1c(C)cc(C)cc1C)c1cccc(C(C)=Nc2c(C)cc(C)cc2C)n1.[Cl][Co][Cl].[Cl][Co][Cl].[Cl][Fe][Cl]. The molecule has 0 unspecified atom stereocenters. The van der Waals surface area contributed by atoms with Crippen LogP contribution >= 0.6 is 60.8 Å². The van der Waals surface area contributed by atoms with Crippen LogP contribution in [0, 0.1) is 69.2 Å². The van der Waals surface area contributed by atoms with Gasteiger partial charge in [0.1, 0.15) is 0 Å². The number of aryl methyl sites for hydroxylation is 10. The van der Waals surface area contributed by atoms with Gasteiger partial charge in [-0.1, -0.05) is 211 Å². The first kappa shape index (κ1) is 97.4. The van der Waals surface area contributed by atoms with Crippen LogP contribution in [-0.4, -0.2) is 49.2 Å². The minimum absolute atomic E-state index is 0.114. The second-order valence-electron chi connectivity index (χ2n) is 31.7. The van der Waals surface area contributed by atoms with Gasteiger partial charge in [-0.15, -0.1) is 0 Å². The van der Waals surface area contributed by atoms with Gasteiger partial charge in [0.2, 0.25) is 0 Å². The third-order valence-corrected chi connectivity index (χ3v) is 18.8. The Hall–Kier alpha value is -5.94. The quantitative estimate of drug-likeness (QED) is 0.0709. The number of aliphatic imine (C=N–C) groups is 6. The molecule has 0 radical (unpaired) electrons. The number of halogens is 6. The van der Waals surface area contributed by atoms with E-state index in [2.05, 4.69) is 271 Å². The maximum absolute atomic E-state index is 5.15. The summed E-state index contributed by atoms with van der Waals surface area (Å²) in [5.74, 6) is 1.61. The Labute approximate surface area is 711 Å². The van der Waals surface area contributed by atoms with Crippen LogP contribution in [0.5, 0.6) is 0 Å². The molecule has 0 aliphatic heterocycles. The van der Waals surface area contributed by atoms with Gasteiger partial charge in [0.25, 0.3) is 0 Å². The molecule has 0 spiro atoms. The van der Waals surface area contributed by atoms with Gasteiger partial charge in [0.05, 0.1) is 103 Å². The molecule has 0 fully saturated rings. The van der Waals surface area contributed by atoms with Crippen molar-refractivity contribution in [3.8, 4) is 0 Å². The van der Waals surface area contributed by atoms with Gasteiger partial charge in [-0.05, 0) is 260 Å². The van der Waals surface area contributed by atoms with Crippen LogP contribution in [0.3, 0.4) is 0 Å². The molecule has 9 rings (SSSR count). The Morgan fingerprint density at radius 1 is 0.297 bits per heavy atom. The minimum atomic E-state index is 0.114. The molecular weight excluding hydrogens is 1630 g/mol. The molecule has 0 aliphatic rings. The number of hydrogen-bond acceptors (Lipinski definition) is 9. The molecule has 3 heterocycles. The van der Waals surface area contributed by atoms with Crippen molar-refractivity contribution in [1.82, 2.24) is 15.0 Å². The number of pyridine rings is 3. The first-order valence-electron chi connectivity index (χ1n) is 37.4. The van der Waals surface area contributed by atoms with Crippen LogP contribution in [0.2, 0.25) is 0 Å². The van der Waals surface area contributed by atoms with Crippen molar-refractivity contribution in [2.45, 2.75) is 242 Å². The summed E-state index contributed by atoms with van der Waals surface area (Å²) in [4.78, 5) is 44.9. The molecule has 6 aromatic carbocycles. The first-order valence-corrected chi connectivity index (χ1v) is 46.2. The predicted octanol–water partition coefficient (Wildman–Crippen LogP) is 30.4. The Morgan fingerprint density at radius 2 is 0.450 bits per heavy atom. The van der Waals surface area contributed by atoms with Crippen LogP contribution in [0.1, 0.15) is 285 Å². The predicted molar refractivity (Wildman–Crippen MR) is 479 cm³/mol. The number of para-hydroxylation sites is 2. The summed E-state index contributed by atoms with van der Waals surface area (Å²) >= 11 is 0.958. The van der Waals surface area contributed by atoms with Crippen molar-refractivity contribution in [3.05, 3.63) is 263 Å². The number of aromatic nitrogens is 3. The van der Waals surface area contributed by atoms with Gasteiger partial charge in [-0.2, -0.15) is 0 Å². The van der Waals surface area contributed by atoms with Crippen LogP contribution in [0.4, 0.5) is 34.1 Å². The van der Waals surface area contributed by atoms with E-state index in [1.54, 1.807) is 0 Å². The summed E-state index contributed by atoms with van der Waals surface area (Å²) in [5, 5.41) is 0. The summed E-state index contributed by atoms with van der Waals surface area (Å²) < 4.78 is 0. The maximum atomic E-state index is 5.15. The molecule has 0 saturated carbocycles. The molecule has 0 bridgehead atoms.